The van der Waals surface area contributed by atoms with Crippen molar-refractivity contribution in [2.75, 3.05) is 39.3 Å². The van der Waals surface area contributed by atoms with E-state index in [0.717, 1.165) is 44.2 Å². The van der Waals surface area contributed by atoms with Crippen molar-refractivity contribution in [3.63, 3.8) is 0 Å². The maximum Gasteiger partial charge on any atom is 0.161 e. The van der Waals surface area contributed by atoms with Crippen LogP contribution in [0.5, 0.6) is 11.5 Å². The molecule has 3 rings (SSSR count). The maximum absolute atomic E-state index is 8.34. The van der Waals surface area contributed by atoms with Crippen molar-refractivity contribution in [3.8, 4) is 11.5 Å². The Morgan fingerprint density at radius 2 is 1.87 bits per heavy atom. The number of amidine groups is 1. The highest BCUT2D eigenvalue weighted by Gasteiger charge is 2.25. The number of hydrogen-bond acceptors (Lipinski definition) is 4. The van der Waals surface area contributed by atoms with Crippen LogP contribution >= 0.6 is 12.4 Å². The van der Waals surface area contributed by atoms with Gasteiger partial charge in [0.1, 0.15) is 12.7 Å². The molecule has 128 valence electrons. The zero-order valence-corrected chi connectivity index (χ0v) is 14.5. The zero-order valence-electron chi connectivity index (χ0n) is 13.7. The number of nitrogens with one attached hydrogen (secondary N) is 1. The van der Waals surface area contributed by atoms with Gasteiger partial charge in [0.25, 0.3) is 0 Å². The van der Waals surface area contributed by atoms with Gasteiger partial charge < -0.3 is 14.4 Å². The fraction of sp³-hybridized carbons (Fsp3) is 0.588. The molecule has 2 heterocycles. The molecule has 0 amide bonds. The van der Waals surface area contributed by atoms with Gasteiger partial charge in [-0.15, -0.1) is 12.4 Å². The van der Waals surface area contributed by atoms with E-state index < -0.39 is 0 Å². The van der Waals surface area contributed by atoms with Crippen LogP contribution in [0.1, 0.15) is 19.8 Å². The number of hydrogen-bond donors (Lipinski definition) is 1. The molecule has 1 unspecified atom stereocenters. The van der Waals surface area contributed by atoms with Crippen LogP contribution in [-0.4, -0.2) is 61.1 Å². The Kier molecular flexibility index (Phi) is 6.54. The second kappa shape index (κ2) is 8.41. The lowest BCUT2D eigenvalue weighted by atomic mass is 10.2. The van der Waals surface area contributed by atoms with Gasteiger partial charge in [0.05, 0.1) is 5.84 Å². The molecule has 1 aromatic rings. The summed E-state index contributed by atoms with van der Waals surface area (Å²) in [4.78, 5) is 4.65. The number of ether oxygens (including phenoxy) is 2. The second-order valence-corrected chi connectivity index (χ2v) is 5.98. The van der Waals surface area contributed by atoms with Crippen molar-refractivity contribution in [1.29, 1.82) is 5.41 Å². The van der Waals surface area contributed by atoms with E-state index in [1.165, 1.54) is 6.42 Å². The first-order valence-electron chi connectivity index (χ1n) is 8.19. The smallest absolute Gasteiger partial charge is 0.161 e. The molecule has 6 heteroatoms. The van der Waals surface area contributed by atoms with Crippen LogP contribution in [-0.2, 0) is 0 Å². The summed E-state index contributed by atoms with van der Waals surface area (Å²) in [5.41, 5.74) is 0. The number of fused-ring (bicyclic) bond motifs is 1. The Bertz CT molecular complexity index is 518. The number of nitrogens with zero attached hydrogens (tertiary/aromatic N) is 2. The van der Waals surface area contributed by atoms with E-state index in [0.29, 0.717) is 18.9 Å². The topological polar surface area (TPSA) is 48.8 Å². The predicted octanol–water partition coefficient (Wildman–Crippen LogP) is 2.64. The van der Waals surface area contributed by atoms with Crippen LogP contribution in [0.25, 0.3) is 0 Å². The molecule has 0 aromatic heterocycles. The minimum absolute atomic E-state index is 0. The van der Waals surface area contributed by atoms with E-state index in [1.54, 1.807) is 0 Å². The lowest BCUT2D eigenvalue weighted by Gasteiger charge is -2.37. The number of para-hydroxylation sites is 2. The molecule has 2 aliphatic rings. The quantitative estimate of drug-likeness (QED) is 0.676. The van der Waals surface area contributed by atoms with Gasteiger partial charge in [-0.1, -0.05) is 19.1 Å². The molecule has 1 N–H and O–H groups in total. The van der Waals surface area contributed by atoms with Crippen molar-refractivity contribution >= 4 is 18.2 Å². The predicted molar refractivity (Wildman–Crippen MR) is 94.2 cm³/mol. The lowest BCUT2D eigenvalue weighted by Crippen LogP contribution is -2.49. The molecule has 1 atom stereocenters. The highest BCUT2D eigenvalue weighted by atomic mass is 35.5. The van der Waals surface area contributed by atoms with Crippen LogP contribution in [0.2, 0.25) is 0 Å². The first-order chi connectivity index (χ1) is 10.8. The summed E-state index contributed by atoms with van der Waals surface area (Å²) < 4.78 is 11.7. The van der Waals surface area contributed by atoms with Crippen LogP contribution in [0, 0.1) is 5.41 Å². The molecule has 23 heavy (non-hydrogen) atoms. The van der Waals surface area contributed by atoms with Gasteiger partial charge in [-0.25, -0.2) is 0 Å². The van der Waals surface area contributed by atoms with Crippen LogP contribution in [0.4, 0.5) is 0 Å². The third-order valence-electron chi connectivity index (χ3n) is 4.28. The van der Waals surface area contributed by atoms with E-state index in [9.17, 15) is 0 Å². The minimum Gasteiger partial charge on any atom is -0.486 e. The Labute approximate surface area is 144 Å². The van der Waals surface area contributed by atoms with Gasteiger partial charge >= 0.3 is 0 Å². The highest BCUT2D eigenvalue weighted by Crippen LogP contribution is 2.31. The van der Waals surface area contributed by atoms with Crippen LogP contribution < -0.4 is 9.47 Å². The van der Waals surface area contributed by atoms with E-state index >= 15 is 0 Å². The third kappa shape index (κ3) is 4.52. The summed E-state index contributed by atoms with van der Waals surface area (Å²) in [6.07, 6.45) is 1.75. The number of benzene rings is 1. The van der Waals surface area contributed by atoms with Crippen molar-refractivity contribution in [2.45, 2.75) is 25.9 Å². The van der Waals surface area contributed by atoms with E-state index in [2.05, 4.69) is 16.7 Å². The average Bonchev–Trinajstić information content (AvgIpc) is 2.56. The second-order valence-electron chi connectivity index (χ2n) is 5.98. The summed E-state index contributed by atoms with van der Waals surface area (Å²) in [5.74, 6) is 2.27. The van der Waals surface area contributed by atoms with Crippen molar-refractivity contribution in [2.24, 2.45) is 0 Å². The Hall–Kier alpha value is -1.46. The highest BCUT2D eigenvalue weighted by molar-refractivity contribution is 5.85. The number of halogens is 1. The molecule has 5 nitrogen and oxygen atoms in total. The summed E-state index contributed by atoms with van der Waals surface area (Å²) >= 11 is 0. The van der Waals surface area contributed by atoms with Crippen molar-refractivity contribution < 1.29 is 9.47 Å². The number of rotatable bonds is 4. The molecule has 1 aromatic carbocycles. The fourth-order valence-corrected chi connectivity index (χ4v) is 3.07. The van der Waals surface area contributed by atoms with E-state index in [4.69, 9.17) is 14.9 Å². The zero-order chi connectivity index (χ0) is 15.4. The Morgan fingerprint density at radius 3 is 2.57 bits per heavy atom. The Morgan fingerprint density at radius 1 is 1.17 bits per heavy atom. The van der Waals surface area contributed by atoms with Gasteiger partial charge in [0.2, 0.25) is 0 Å². The molecule has 0 bridgehead atoms. The third-order valence-corrected chi connectivity index (χ3v) is 4.28. The molecule has 1 fully saturated rings. The summed E-state index contributed by atoms with van der Waals surface area (Å²) in [7, 11) is 0. The van der Waals surface area contributed by atoms with Gasteiger partial charge in [0, 0.05) is 32.6 Å². The van der Waals surface area contributed by atoms with E-state index in [-0.39, 0.29) is 18.5 Å². The normalized spacial score (nSPS) is 20.7. The molecule has 0 saturated carbocycles. The first kappa shape index (κ1) is 17.9. The fourth-order valence-electron chi connectivity index (χ4n) is 3.07. The Balaban J connectivity index is 0.00000192. The van der Waals surface area contributed by atoms with Gasteiger partial charge in [0.15, 0.2) is 11.5 Å². The van der Waals surface area contributed by atoms with Crippen LogP contribution in [0.15, 0.2) is 24.3 Å². The molecular weight excluding hydrogens is 314 g/mol. The number of piperazine rings is 1. The molecule has 1 saturated heterocycles. The molecule has 0 aliphatic carbocycles. The molecule has 0 spiro atoms. The molecule has 2 aliphatic heterocycles. The average molecular weight is 340 g/mol. The summed E-state index contributed by atoms with van der Waals surface area (Å²) in [5, 5.41) is 8.34. The van der Waals surface area contributed by atoms with E-state index in [1.807, 2.05) is 24.3 Å². The van der Waals surface area contributed by atoms with Gasteiger partial charge in [-0.2, -0.15) is 0 Å². The molecule has 0 radical (unpaired) electrons. The summed E-state index contributed by atoms with van der Waals surface area (Å²) in [6.45, 7) is 7.91. The van der Waals surface area contributed by atoms with Gasteiger partial charge in [-0.05, 0) is 25.1 Å². The lowest BCUT2D eigenvalue weighted by molar-refractivity contribution is 0.0920. The maximum atomic E-state index is 8.34. The standard InChI is InChI=1S/C17H25N3O2.ClH/c1-2-7-19-8-10-20(11-9-19)17(18)12-14-13-21-15-5-3-4-6-16(15)22-14;/h3-6,14,18H,2,7-13H2,1H3;1H. The van der Waals surface area contributed by atoms with Crippen molar-refractivity contribution in [3.05, 3.63) is 24.3 Å². The minimum atomic E-state index is -0.0592. The first-order valence-corrected chi connectivity index (χ1v) is 8.19. The largest absolute Gasteiger partial charge is 0.486 e. The van der Waals surface area contributed by atoms with Crippen molar-refractivity contribution in [1.82, 2.24) is 9.80 Å². The monoisotopic (exact) mass is 339 g/mol. The van der Waals surface area contributed by atoms with Gasteiger partial charge in [-0.3, -0.25) is 10.3 Å². The summed E-state index contributed by atoms with van der Waals surface area (Å²) in [6, 6.07) is 7.74. The SMILES string of the molecule is CCCN1CCN(C(=N)CC2COc3ccccc3O2)CC1.Cl. The van der Waals surface area contributed by atoms with Crippen LogP contribution in [0.3, 0.4) is 0 Å². The molecular formula is C17H26ClN3O2.